The highest BCUT2D eigenvalue weighted by atomic mass is 16.7. The van der Waals surface area contributed by atoms with Crippen LogP contribution in [0.25, 0.3) is 0 Å². The number of nitrogens with zero attached hydrogens (tertiary/aromatic N) is 2. The fraction of sp³-hybridized carbons (Fsp3) is 0.818. The largest absolute Gasteiger partial charge is 0.313 e. The number of benzene rings is 1. The molecule has 2 aliphatic rings. The maximum atomic E-state index is 11.0. The third kappa shape index (κ3) is 6.45. The van der Waals surface area contributed by atoms with Gasteiger partial charge in [-0.05, 0) is 103 Å². The van der Waals surface area contributed by atoms with Crippen LogP contribution in [-0.2, 0) is 4.84 Å². The van der Waals surface area contributed by atoms with Gasteiger partial charge in [-0.1, -0.05) is 77.3 Å². The SMILES string of the molecule is CC(ON1C(C)(C)CC(CCCC2CC(C)(C)N(O)C(C)(C(C)C)C2)CC1(C)C(C)C)c1ccccc1. The molecule has 1 aromatic rings. The minimum absolute atomic E-state index is 0.00408. The third-order valence-electron chi connectivity index (χ3n) is 10.3. The van der Waals surface area contributed by atoms with E-state index < -0.39 is 0 Å². The Morgan fingerprint density at radius 1 is 0.757 bits per heavy atom. The van der Waals surface area contributed by atoms with Crippen molar-refractivity contribution in [1.82, 2.24) is 10.1 Å². The Morgan fingerprint density at radius 3 is 1.76 bits per heavy atom. The standard InChI is InChI=1S/C33H58N2O2/c1-24(2)32(10)22-27(20-30(6,7)34(32)36)16-15-17-28-21-31(8,9)35(33(11,23-28)25(3)4)37-26(5)29-18-13-12-14-19-29/h12-14,18-19,24-28,36H,15-17,20-23H2,1-11H3. The zero-order valence-electron chi connectivity index (χ0n) is 26.0. The summed E-state index contributed by atoms with van der Waals surface area (Å²) < 4.78 is 0. The lowest BCUT2D eigenvalue weighted by atomic mass is 9.67. The number of hydrogen-bond donors (Lipinski definition) is 1. The number of piperidine rings is 2. The number of hydrogen-bond acceptors (Lipinski definition) is 4. The molecule has 2 aliphatic heterocycles. The van der Waals surface area contributed by atoms with E-state index in [1.807, 2.05) is 0 Å². The Labute approximate surface area is 229 Å². The van der Waals surface area contributed by atoms with Crippen LogP contribution in [0.2, 0.25) is 0 Å². The van der Waals surface area contributed by atoms with Gasteiger partial charge in [-0.2, -0.15) is 10.1 Å². The summed E-state index contributed by atoms with van der Waals surface area (Å²) in [7, 11) is 0. The highest BCUT2D eigenvalue weighted by molar-refractivity contribution is 5.17. The monoisotopic (exact) mass is 514 g/mol. The van der Waals surface area contributed by atoms with Crippen LogP contribution in [0, 0.1) is 23.7 Å². The van der Waals surface area contributed by atoms with Gasteiger partial charge in [-0.3, -0.25) is 4.84 Å². The molecule has 0 spiro atoms. The van der Waals surface area contributed by atoms with E-state index in [2.05, 4.69) is 112 Å². The molecular formula is C33H58N2O2. The lowest BCUT2D eigenvalue weighted by Gasteiger charge is -2.58. The van der Waals surface area contributed by atoms with Gasteiger partial charge >= 0.3 is 0 Å². The molecule has 2 heterocycles. The molecule has 5 unspecified atom stereocenters. The lowest BCUT2D eigenvalue weighted by molar-refractivity contribution is -0.323. The number of hydroxylamine groups is 4. The van der Waals surface area contributed by atoms with E-state index in [9.17, 15) is 5.21 Å². The van der Waals surface area contributed by atoms with E-state index in [1.54, 1.807) is 5.06 Å². The first-order valence-corrected chi connectivity index (χ1v) is 15.0. The summed E-state index contributed by atoms with van der Waals surface area (Å²) in [5.74, 6) is 2.30. The summed E-state index contributed by atoms with van der Waals surface area (Å²) in [6, 6.07) is 10.6. The topological polar surface area (TPSA) is 35.9 Å². The Bertz CT molecular complexity index is 866. The smallest absolute Gasteiger partial charge is 0.102 e. The van der Waals surface area contributed by atoms with Crippen molar-refractivity contribution in [3.63, 3.8) is 0 Å². The van der Waals surface area contributed by atoms with Crippen molar-refractivity contribution >= 4 is 0 Å². The van der Waals surface area contributed by atoms with Crippen molar-refractivity contribution in [3.05, 3.63) is 35.9 Å². The predicted molar refractivity (Wildman–Crippen MR) is 155 cm³/mol. The van der Waals surface area contributed by atoms with E-state index >= 15 is 0 Å². The van der Waals surface area contributed by atoms with Crippen LogP contribution < -0.4 is 0 Å². The molecule has 2 saturated heterocycles. The average molecular weight is 515 g/mol. The molecule has 1 N–H and O–H groups in total. The van der Waals surface area contributed by atoms with Gasteiger partial charge in [0.1, 0.15) is 6.10 Å². The van der Waals surface area contributed by atoms with Crippen LogP contribution in [0.5, 0.6) is 0 Å². The zero-order valence-corrected chi connectivity index (χ0v) is 26.0. The van der Waals surface area contributed by atoms with E-state index in [4.69, 9.17) is 4.84 Å². The van der Waals surface area contributed by atoms with Gasteiger partial charge in [0.25, 0.3) is 0 Å². The Morgan fingerprint density at radius 2 is 1.24 bits per heavy atom. The van der Waals surface area contributed by atoms with Crippen LogP contribution in [0.4, 0.5) is 0 Å². The van der Waals surface area contributed by atoms with Crippen molar-refractivity contribution in [2.75, 3.05) is 0 Å². The summed E-state index contributed by atoms with van der Waals surface area (Å²) >= 11 is 0. The van der Waals surface area contributed by atoms with Gasteiger partial charge in [0.05, 0.1) is 0 Å². The molecule has 1 aromatic carbocycles. The fourth-order valence-electron chi connectivity index (χ4n) is 7.71. The molecule has 4 nitrogen and oxygen atoms in total. The van der Waals surface area contributed by atoms with Crippen molar-refractivity contribution in [3.8, 4) is 0 Å². The average Bonchev–Trinajstić information content (AvgIpc) is 2.79. The molecule has 2 fully saturated rings. The quantitative estimate of drug-likeness (QED) is 0.356. The van der Waals surface area contributed by atoms with Gasteiger partial charge in [-0.25, -0.2) is 0 Å². The van der Waals surface area contributed by atoms with Gasteiger partial charge < -0.3 is 5.21 Å². The van der Waals surface area contributed by atoms with Crippen LogP contribution in [-0.4, -0.2) is 37.5 Å². The molecule has 3 rings (SSSR count). The van der Waals surface area contributed by atoms with E-state index in [-0.39, 0.29) is 28.3 Å². The van der Waals surface area contributed by atoms with Gasteiger partial charge in [0.15, 0.2) is 0 Å². The second-order valence-corrected chi connectivity index (χ2v) is 14.9. The van der Waals surface area contributed by atoms with Crippen molar-refractivity contribution < 1.29 is 10.0 Å². The normalized spacial score (nSPS) is 33.7. The molecule has 0 saturated carbocycles. The molecule has 0 bridgehead atoms. The fourth-order valence-corrected chi connectivity index (χ4v) is 7.71. The summed E-state index contributed by atoms with van der Waals surface area (Å²) in [5, 5.41) is 15.1. The third-order valence-corrected chi connectivity index (χ3v) is 10.3. The van der Waals surface area contributed by atoms with E-state index in [0.717, 1.165) is 12.8 Å². The molecule has 37 heavy (non-hydrogen) atoms. The first kappa shape index (κ1) is 30.6. The summed E-state index contributed by atoms with van der Waals surface area (Å²) in [6.45, 7) is 25.3. The summed E-state index contributed by atoms with van der Waals surface area (Å²) in [6.07, 6.45) is 8.36. The lowest BCUT2D eigenvalue weighted by Crippen LogP contribution is -2.64. The summed E-state index contributed by atoms with van der Waals surface area (Å²) in [5.41, 5.74) is 0.888. The zero-order chi connectivity index (χ0) is 27.8. The molecular weight excluding hydrogens is 456 g/mol. The van der Waals surface area contributed by atoms with Crippen LogP contribution >= 0.6 is 0 Å². The van der Waals surface area contributed by atoms with Crippen molar-refractivity contribution in [2.45, 2.75) is 149 Å². The van der Waals surface area contributed by atoms with Gasteiger partial charge in [0, 0.05) is 22.2 Å². The predicted octanol–water partition coefficient (Wildman–Crippen LogP) is 9.05. The Hall–Kier alpha value is -0.940. The summed E-state index contributed by atoms with van der Waals surface area (Å²) in [4.78, 5) is 6.80. The van der Waals surface area contributed by atoms with Gasteiger partial charge in [0.2, 0.25) is 0 Å². The minimum atomic E-state index is -0.168. The first-order chi connectivity index (χ1) is 17.0. The first-order valence-electron chi connectivity index (χ1n) is 15.0. The Balaban J connectivity index is 1.67. The van der Waals surface area contributed by atoms with Crippen LogP contribution in [0.15, 0.2) is 30.3 Å². The molecule has 0 radical (unpaired) electrons. The van der Waals surface area contributed by atoms with Crippen molar-refractivity contribution in [2.24, 2.45) is 23.7 Å². The van der Waals surface area contributed by atoms with Crippen LogP contribution in [0.3, 0.4) is 0 Å². The molecule has 0 aliphatic carbocycles. The second kappa shape index (κ2) is 11.3. The maximum absolute atomic E-state index is 11.0. The highest BCUT2D eigenvalue weighted by Gasteiger charge is 2.51. The highest BCUT2D eigenvalue weighted by Crippen LogP contribution is 2.49. The minimum Gasteiger partial charge on any atom is -0.313 e. The second-order valence-electron chi connectivity index (χ2n) is 14.9. The van der Waals surface area contributed by atoms with Crippen molar-refractivity contribution in [1.29, 1.82) is 0 Å². The molecule has 5 atom stereocenters. The Kier molecular flexibility index (Phi) is 9.32. The number of rotatable bonds is 9. The van der Waals surface area contributed by atoms with Crippen LogP contribution in [0.1, 0.15) is 133 Å². The molecule has 4 heteroatoms. The maximum Gasteiger partial charge on any atom is 0.102 e. The van der Waals surface area contributed by atoms with E-state index in [1.165, 1.54) is 37.7 Å². The molecule has 0 aromatic heterocycles. The molecule has 212 valence electrons. The van der Waals surface area contributed by atoms with E-state index in [0.29, 0.717) is 23.7 Å². The van der Waals surface area contributed by atoms with Gasteiger partial charge in [-0.15, -0.1) is 0 Å². The molecule has 0 amide bonds.